The molecule has 1 aromatic carbocycles. The number of benzene rings is 1. The molecule has 1 aromatic rings. The lowest BCUT2D eigenvalue weighted by Crippen LogP contribution is -2.24. The Morgan fingerprint density at radius 3 is 2.78 bits per heavy atom. The van der Waals surface area contributed by atoms with Gasteiger partial charge in [0.25, 0.3) is 5.91 Å². The third-order valence-electron chi connectivity index (χ3n) is 2.87. The van der Waals surface area contributed by atoms with Gasteiger partial charge in [0, 0.05) is 12.1 Å². The topological polar surface area (TPSA) is 47.6 Å². The second-order valence-corrected chi connectivity index (χ2v) is 4.32. The van der Waals surface area contributed by atoms with Crippen molar-refractivity contribution in [3.8, 4) is 11.5 Å². The Labute approximate surface area is 107 Å². The molecule has 1 aliphatic heterocycles. The van der Waals surface area contributed by atoms with Crippen molar-refractivity contribution in [1.29, 1.82) is 0 Å². The van der Waals surface area contributed by atoms with Crippen LogP contribution in [-0.2, 0) is 0 Å². The van der Waals surface area contributed by atoms with E-state index in [4.69, 9.17) is 9.47 Å². The summed E-state index contributed by atoms with van der Waals surface area (Å²) in [6, 6.07) is 5.29. The second kappa shape index (κ2) is 6.28. The lowest BCUT2D eigenvalue weighted by atomic mass is 10.1. The van der Waals surface area contributed by atoms with Gasteiger partial charge in [0.15, 0.2) is 11.5 Å². The van der Waals surface area contributed by atoms with Gasteiger partial charge in [0.1, 0.15) is 13.2 Å². The summed E-state index contributed by atoms with van der Waals surface area (Å²) in [5.74, 6) is 1.31. The maximum Gasteiger partial charge on any atom is 0.251 e. The van der Waals surface area contributed by atoms with Crippen LogP contribution in [0.4, 0.5) is 0 Å². The van der Waals surface area contributed by atoms with Gasteiger partial charge in [-0.1, -0.05) is 19.8 Å². The van der Waals surface area contributed by atoms with Gasteiger partial charge in [-0.2, -0.15) is 0 Å². The molecule has 4 heteroatoms. The van der Waals surface area contributed by atoms with Crippen LogP contribution in [0.5, 0.6) is 11.5 Å². The van der Waals surface area contributed by atoms with Crippen molar-refractivity contribution in [2.75, 3.05) is 19.8 Å². The summed E-state index contributed by atoms with van der Waals surface area (Å²) in [7, 11) is 0. The predicted molar refractivity (Wildman–Crippen MR) is 69.3 cm³/mol. The van der Waals surface area contributed by atoms with Gasteiger partial charge < -0.3 is 14.8 Å². The van der Waals surface area contributed by atoms with E-state index in [0.29, 0.717) is 30.3 Å². The van der Waals surface area contributed by atoms with Gasteiger partial charge in [-0.3, -0.25) is 4.79 Å². The van der Waals surface area contributed by atoms with Crippen LogP contribution in [0.15, 0.2) is 18.2 Å². The van der Waals surface area contributed by atoms with E-state index >= 15 is 0 Å². The average molecular weight is 249 g/mol. The van der Waals surface area contributed by atoms with E-state index in [1.54, 1.807) is 18.2 Å². The van der Waals surface area contributed by atoms with Gasteiger partial charge in [-0.15, -0.1) is 0 Å². The summed E-state index contributed by atoms with van der Waals surface area (Å²) >= 11 is 0. The van der Waals surface area contributed by atoms with Crippen LogP contribution >= 0.6 is 0 Å². The SMILES string of the molecule is CCCCCNC(=O)c1ccc2c(c1)OCCO2. The summed E-state index contributed by atoms with van der Waals surface area (Å²) in [5, 5.41) is 2.91. The van der Waals surface area contributed by atoms with E-state index in [9.17, 15) is 4.79 Å². The number of rotatable bonds is 5. The van der Waals surface area contributed by atoms with E-state index in [1.807, 2.05) is 0 Å². The maximum absolute atomic E-state index is 11.9. The lowest BCUT2D eigenvalue weighted by Gasteiger charge is -2.18. The minimum absolute atomic E-state index is 0.0527. The van der Waals surface area contributed by atoms with E-state index in [2.05, 4.69) is 12.2 Å². The molecule has 0 saturated heterocycles. The minimum Gasteiger partial charge on any atom is -0.486 e. The van der Waals surface area contributed by atoms with Crippen molar-refractivity contribution < 1.29 is 14.3 Å². The smallest absolute Gasteiger partial charge is 0.251 e. The van der Waals surface area contributed by atoms with Crippen LogP contribution in [-0.4, -0.2) is 25.7 Å². The Hall–Kier alpha value is -1.71. The Morgan fingerprint density at radius 1 is 1.22 bits per heavy atom. The normalized spacial score (nSPS) is 13.2. The highest BCUT2D eigenvalue weighted by Gasteiger charge is 2.14. The summed E-state index contributed by atoms with van der Waals surface area (Å²) in [4.78, 5) is 11.9. The van der Waals surface area contributed by atoms with Crippen LogP contribution in [0.25, 0.3) is 0 Å². The highest BCUT2D eigenvalue weighted by atomic mass is 16.6. The highest BCUT2D eigenvalue weighted by Crippen LogP contribution is 2.30. The van der Waals surface area contributed by atoms with Crippen molar-refractivity contribution in [1.82, 2.24) is 5.32 Å². The van der Waals surface area contributed by atoms with Gasteiger partial charge in [-0.05, 0) is 24.6 Å². The molecule has 0 unspecified atom stereocenters. The zero-order valence-electron chi connectivity index (χ0n) is 10.7. The molecule has 0 aromatic heterocycles. The summed E-state index contributed by atoms with van der Waals surface area (Å²) in [6.07, 6.45) is 3.31. The molecule has 0 aliphatic carbocycles. The number of ether oxygens (including phenoxy) is 2. The number of unbranched alkanes of at least 4 members (excludes halogenated alkanes) is 2. The zero-order chi connectivity index (χ0) is 12.8. The van der Waals surface area contributed by atoms with E-state index < -0.39 is 0 Å². The number of fused-ring (bicyclic) bond motifs is 1. The van der Waals surface area contributed by atoms with Crippen molar-refractivity contribution in [2.24, 2.45) is 0 Å². The number of carbonyl (C=O) groups is 1. The Kier molecular flexibility index (Phi) is 4.45. The fraction of sp³-hybridized carbons (Fsp3) is 0.500. The maximum atomic E-state index is 11.9. The summed E-state index contributed by atoms with van der Waals surface area (Å²) < 4.78 is 10.9. The number of nitrogens with one attached hydrogen (secondary N) is 1. The first-order valence-electron chi connectivity index (χ1n) is 6.49. The third kappa shape index (κ3) is 3.15. The van der Waals surface area contributed by atoms with Crippen LogP contribution in [0.2, 0.25) is 0 Å². The number of hydrogen-bond acceptors (Lipinski definition) is 3. The molecule has 0 fully saturated rings. The molecule has 0 radical (unpaired) electrons. The van der Waals surface area contributed by atoms with Crippen LogP contribution in [0.3, 0.4) is 0 Å². The fourth-order valence-corrected chi connectivity index (χ4v) is 1.86. The molecule has 2 rings (SSSR count). The molecule has 1 heterocycles. The minimum atomic E-state index is -0.0527. The molecule has 0 saturated carbocycles. The quantitative estimate of drug-likeness (QED) is 0.815. The van der Waals surface area contributed by atoms with Crippen molar-refractivity contribution in [3.05, 3.63) is 23.8 Å². The zero-order valence-corrected chi connectivity index (χ0v) is 10.7. The Bertz CT molecular complexity index is 418. The first kappa shape index (κ1) is 12.7. The standard InChI is InChI=1S/C14H19NO3/c1-2-3-4-7-15-14(16)11-5-6-12-13(10-11)18-9-8-17-12/h5-6,10H,2-4,7-9H2,1H3,(H,15,16). The van der Waals surface area contributed by atoms with Gasteiger partial charge in [0.2, 0.25) is 0 Å². The number of hydrogen-bond donors (Lipinski definition) is 1. The molecular weight excluding hydrogens is 230 g/mol. The van der Waals surface area contributed by atoms with Gasteiger partial charge >= 0.3 is 0 Å². The van der Waals surface area contributed by atoms with E-state index in [1.165, 1.54) is 0 Å². The summed E-state index contributed by atoms with van der Waals surface area (Å²) in [6.45, 7) is 3.97. The van der Waals surface area contributed by atoms with Crippen LogP contribution < -0.4 is 14.8 Å². The molecule has 18 heavy (non-hydrogen) atoms. The van der Waals surface area contributed by atoms with Crippen LogP contribution in [0.1, 0.15) is 36.5 Å². The lowest BCUT2D eigenvalue weighted by molar-refractivity contribution is 0.0951. The molecule has 98 valence electrons. The van der Waals surface area contributed by atoms with Crippen LogP contribution in [0, 0.1) is 0 Å². The molecule has 4 nitrogen and oxygen atoms in total. The fourth-order valence-electron chi connectivity index (χ4n) is 1.86. The molecule has 1 amide bonds. The molecule has 0 bridgehead atoms. The van der Waals surface area contributed by atoms with Crippen molar-refractivity contribution in [2.45, 2.75) is 26.2 Å². The monoisotopic (exact) mass is 249 g/mol. The average Bonchev–Trinajstić information content (AvgIpc) is 2.43. The first-order chi connectivity index (χ1) is 8.81. The first-order valence-corrected chi connectivity index (χ1v) is 6.49. The molecule has 1 N–H and O–H groups in total. The third-order valence-corrected chi connectivity index (χ3v) is 2.87. The predicted octanol–water partition coefficient (Wildman–Crippen LogP) is 2.38. The van der Waals surface area contributed by atoms with Crippen molar-refractivity contribution in [3.63, 3.8) is 0 Å². The molecule has 0 atom stereocenters. The molecule has 1 aliphatic rings. The Morgan fingerprint density at radius 2 is 2.00 bits per heavy atom. The number of carbonyl (C=O) groups excluding carboxylic acids is 1. The van der Waals surface area contributed by atoms with Gasteiger partial charge in [-0.25, -0.2) is 0 Å². The van der Waals surface area contributed by atoms with Crippen molar-refractivity contribution >= 4 is 5.91 Å². The van der Waals surface area contributed by atoms with Gasteiger partial charge in [0.05, 0.1) is 0 Å². The molecule has 0 spiro atoms. The largest absolute Gasteiger partial charge is 0.486 e. The summed E-state index contributed by atoms with van der Waals surface area (Å²) in [5.41, 5.74) is 0.621. The van der Waals surface area contributed by atoms with E-state index in [0.717, 1.165) is 25.8 Å². The van der Waals surface area contributed by atoms with E-state index in [-0.39, 0.29) is 5.91 Å². The second-order valence-electron chi connectivity index (χ2n) is 4.32. The Balaban J connectivity index is 1.94. The molecular formula is C14H19NO3. The highest BCUT2D eigenvalue weighted by molar-refractivity contribution is 5.94. The number of amides is 1.